The van der Waals surface area contributed by atoms with E-state index in [1.54, 1.807) is 6.92 Å². The van der Waals surface area contributed by atoms with Crippen LogP contribution >= 0.6 is 0 Å². The first-order chi connectivity index (χ1) is 7.58. The molecule has 0 amide bonds. The highest BCUT2D eigenvalue weighted by atomic mass is 19.1. The van der Waals surface area contributed by atoms with Gasteiger partial charge in [-0.05, 0) is 19.1 Å². The Kier molecular flexibility index (Phi) is 4.10. The van der Waals surface area contributed by atoms with Crippen LogP contribution in [0.25, 0.3) is 0 Å². The van der Waals surface area contributed by atoms with Crippen LogP contribution < -0.4 is 10.1 Å². The molecule has 1 unspecified atom stereocenters. The van der Waals surface area contributed by atoms with Crippen molar-refractivity contribution in [3.05, 3.63) is 24.0 Å². The summed E-state index contributed by atoms with van der Waals surface area (Å²) >= 11 is 0. The second-order valence-electron chi connectivity index (χ2n) is 3.23. The maximum Gasteiger partial charge on any atom is 0.327 e. The number of rotatable bonds is 4. The van der Waals surface area contributed by atoms with Gasteiger partial charge in [-0.2, -0.15) is 0 Å². The van der Waals surface area contributed by atoms with E-state index in [0.29, 0.717) is 11.4 Å². The fourth-order valence-electron chi connectivity index (χ4n) is 1.26. The van der Waals surface area contributed by atoms with Crippen LogP contribution in [0.4, 0.5) is 10.1 Å². The molecule has 0 heterocycles. The summed E-state index contributed by atoms with van der Waals surface area (Å²) in [6.45, 7) is 1.62. The number of carbonyl (C=O) groups excluding carboxylic acids is 1. The summed E-state index contributed by atoms with van der Waals surface area (Å²) < 4.78 is 22.6. The summed E-state index contributed by atoms with van der Waals surface area (Å²) in [5.74, 6) is -0.358. The van der Waals surface area contributed by atoms with Crippen LogP contribution in [0.1, 0.15) is 6.92 Å². The van der Waals surface area contributed by atoms with E-state index >= 15 is 0 Å². The average Bonchev–Trinajstić information content (AvgIpc) is 2.28. The zero-order valence-corrected chi connectivity index (χ0v) is 9.41. The quantitative estimate of drug-likeness (QED) is 0.797. The van der Waals surface area contributed by atoms with Crippen LogP contribution in [-0.4, -0.2) is 26.2 Å². The first-order valence-electron chi connectivity index (χ1n) is 4.76. The van der Waals surface area contributed by atoms with Crippen LogP contribution in [0.15, 0.2) is 18.2 Å². The Balaban J connectivity index is 2.86. The van der Waals surface area contributed by atoms with Crippen LogP contribution in [0, 0.1) is 5.82 Å². The fraction of sp³-hybridized carbons (Fsp3) is 0.364. The van der Waals surface area contributed by atoms with Gasteiger partial charge in [-0.15, -0.1) is 0 Å². The number of carbonyl (C=O) groups is 1. The van der Waals surface area contributed by atoms with E-state index in [0.717, 1.165) is 0 Å². The molecule has 0 saturated carbocycles. The molecular formula is C11H14FNO3. The third-order valence-corrected chi connectivity index (χ3v) is 2.09. The van der Waals surface area contributed by atoms with Crippen molar-refractivity contribution < 1.29 is 18.7 Å². The van der Waals surface area contributed by atoms with Crippen molar-refractivity contribution in [2.45, 2.75) is 13.0 Å². The minimum Gasteiger partial charge on any atom is -0.495 e. The molecule has 1 rings (SSSR count). The van der Waals surface area contributed by atoms with E-state index in [1.165, 1.54) is 32.4 Å². The summed E-state index contributed by atoms with van der Waals surface area (Å²) in [6, 6.07) is 3.47. The monoisotopic (exact) mass is 227 g/mol. The van der Waals surface area contributed by atoms with E-state index < -0.39 is 17.8 Å². The van der Waals surface area contributed by atoms with Gasteiger partial charge in [0, 0.05) is 6.07 Å². The molecule has 88 valence electrons. The van der Waals surface area contributed by atoms with Crippen molar-refractivity contribution in [1.82, 2.24) is 0 Å². The number of anilines is 1. The minimum absolute atomic E-state index is 0.402. The van der Waals surface area contributed by atoms with Gasteiger partial charge < -0.3 is 14.8 Å². The van der Waals surface area contributed by atoms with Gasteiger partial charge in [-0.3, -0.25) is 0 Å². The Morgan fingerprint density at radius 2 is 2.12 bits per heavy atom. The average molecular weight is 227 g/mol. The Morgan fingerprint density at radius 3 is 2.69 bits per heavy atom. The molecule has 1 aromatic rings. The zero-order valence-electron chi connectivity index (χ0n) is 9.41. The first-order valence-corrected chi connectivity index (χ1v) is 4.76. The molecule has 0 aliphatic rings. The van der Waals surface area contributed by atoms with Crippen molar-refractivity contribution in [1.29, 1.82) is 0 Å². The lowest BCUT2D eigenvalue weighted by molar-refractivity contribution is -0.141. The molecule has 1 aromatic carbocycles. The Morgan fingerprint density at radius 1 is 1.44 bits per heavy atom. The number of halogens is 1. The van der Waals surface area contributed by atoms with Gasteiger partial charge in [0.25, 0.3) is 0 Å². The normalized spacial score (nSPS) is 11.8. The number of hydrogen-bond donors (Lipinski definition) is 1. The summed E-state index contributed by atoms with van der Waals surface area (Å²) in [4.78, 5) is 11.2. The number of esters is 1. The van der Waals surface area contributed by atoms with Crippen molar-refractivity contribution in [3.63, 3.8) is 0 Å². The molecule has 0 spiro atoms. The molecule has 0 fully saturated rings. The highest BCUT2D eigenvalue weighted by Gasteiger charge is 2.15. The van der Waals surface area contributed by atoms with Crippen molar-refractivity contribution >= 4 is 11.7 Å². The minimum atomic E-state index is -0.569. The number of ether oxygens (including phenoxy) is 2. The molecule has 1 N–H and O–H groups in total. The van der Waals surface area contributed by atoms with Crippen LogP contribution in [0.3, 0.4) is 0 Å². The molecule has 0 saturated heterocycles. The van der Waals surface area contributed by atoms with E-state index in [1.807, 2.05) is 0 Å². The molecule has 0 bridgehead atoms. The van der Waals surface area contributed by atoms with Crippen molar-refractivity contribution in [2.75, 3.05) is 19.5 Å². The highest BCUT2D eigenvalue weighted by molar-refractivity contribution is 5.79. The molecular weight excluding hydrogens is 213 g/mol. The second kappa shape index (κ2) is 5.34. The van der Waals surface area contributed by atoms with E-state index in [2.05, 4.69) is 10.1 Å². The highest BCUT2D eigenvalue weighted by Crippen LogP contribution is 2.25. The number of methoxy groups -OCH3 is 2. The van der Waals surface area contributed by atoms with Crippen LogP contribution in [0.5, 0.6) is 5.75 Å². The van der Waals surface area contributed by atoms with Crippen molar-refractivity contribution in [3.8, 4) is 5.75 Å². The third kappa shape index (κ3) is 2.85. The fourth-order valence-corrected chi connectivity index (χ4v) is 1.26. The summed E-state index contributed by atoms with van der Waals surface area (Å²) in [7, 11) is 2.77. The van der Waals surface area contributed by atoms with Gasteiger partial charge in [0.1, 0.15) is 17.6 Å². The molecule has 5 heteroatoms. The number of nitrogens with one attached hydrogen (secondary N) is 1. The smallest absolute Gasteiger partial charge is 0.327 e. The lowest BCUT2D eigenvalue weighted by Gasteiger charge is -2.15. The Labute approximate surface area is 93.4 Å². The first kappa shape index (κ1) is 12.3. The van der Waals surface area contributed by atoms with Gasteiger partial charge in [0.15, 0.2) is 0 Å². The van der Waals surface area contributed by atoms with Gasteiger partial charge >= 0.3 is 5.97 Å². The second-order valence-corrected chi connectivity index (χ2v) is 3.23. The SMILES string of the molecule is COC(=O)C(C)Nc1cc(F)ccc1OC. The summed E-state index contributed by atoms with van der Waals surface area (Å²) in [5.41, 5.74) is 0.417. The van der Waals surface area contributed by atoms with Gasteiger partial charge in [-0.25, -0.2) is 9.18 Å². The standard InChI is InChI=1S/C11H14FNO3/c1-7(11(14)16-3)13-9-6-8(12)4-5-10(9)15-2/h4-7,13H,1-3H3. The third-order valence-electron chi connectivity index (χ3n) is 2.09. The Bertz CT molecular complexity index is 381. The largest absolute Gasteiger partial charge is 0.495 e. The molecule has 0 radical (unpaired) electrons. The Hall–Kier alpha value is -1.78. The number of benzene rings is 1. The predicted molar refractivity (Wildman–Crippen MR) is 58.1 cm³/mol. The summed E-state index contributed by atoms with van der Waals surface area (Å²) in [5, 5.41) is 2.81. The van der Waals surface area contributed by atoms with Gasteiger partial charge in [0.05, 0.1) is 19.9 Å². The lowest BCUT2D eigenvalue weighted by Crippen LogP contribution is -2.27. The van der Waals surface area contributed by atoms with Crippen molar-refractivity contribution in [2.24, 2.45) is 0 Å². The lowest BCUT2D eigenvalue weighted by atomic mass is 10.2. The topological polar surface area (TPSA) is 47.6 Å². The molecule has 0 aliphatic heterocycles. The van der Waals surface area contributed by atoms with Crippen LogP contribution in [0.2, 0.25) is 0 Å². The molecule has 16 heavy (non-hydrogen) atoms. The van der Waals surface area contributed by atoms with E-state index in [4.69, 9.17) is 4.74 Å². The molecule has 0 aliphatic carbocycles. The van der Waals surface area contributed by atoms with E-state index in [9.17, 15) is 9.18 Å². The van der Waals surface area contributed by atoms with E-state index in [-0.39, 0.29) is 0 Å². The maximum absolute atomic E-state index is 13.0. The molecule has 4 nitrogen and oxygen atoms in total. The van der Waals surface area contributed by atoms with Crippen LogP contribution in [-0.2, 0) is 9.53 Å². The number of hydrogen-bond acceptors (Lipinski definition) is 4. The zero-order chi connectivity index (χ0) is 12.1. The predicted octanol–water partition coefficient (Wildman–Crippen LogP) is 1.81. The molecule has 0 aromatic heterocycles. The van der Waals surface area contributed by atoms with Gasteiger partial charge in [-0.1, -0.05) is 0 Å². The molecule has 1 atom stereocenters. The summed E-state index contributed by atoms with van der Waals surface area (Å²) in [6.07, 6.45) is 0. The maximum atomic E-state index is 13.0. The van der Waals surface area contributed by atoms with Gasteiger partial charge in [0.2, 0.25) is 0 Å².